The Balaban J connectivity index is 2.43. The zero-order valence-electron chi connectivity index (χ0n) is 15.1. The zero-order chi connectivity index (χ0) is 19.6. The molecule has 12 nitrogen and oxygen atoms in total. The minimum atomic E-state index is -0.504. The van der Waals surface area contributed by atoms with Gasteiger partial charge < -0.3 is 30.5 Å². The fourth-order valence-corrected chi connectivity index (χ4v) is 1.79. The highest BCUT2D eigenvalue weighted by Gasteiger charge is 2.06. The highest BCUT2D eigenvalue weighted by atomic mass is 19.1. The summed E-state index contributed by atoms with van der Waals surface area (Å²) in [6, 6.07) is 0. The van der Waals surface area contributed by atoms with Crippen LogP contribution in [0.25, 0.3) is 10.4 Å². The van der Waals surface area contributed by atoms with Gasteiger partial charge in [0.05, 0.1) is 33.0 Å². The maximum Gasteiger partial charge on any atom is 0.229 e. The number of hydrogen-bond donors (Lipinski definition) is 4. The van der Waals surface area contributed by atoms with Crippen molar-refractivity contribution >= 4 is 17.8 Å². The first-order chi connectivity index (χ1) is 13.3. The van der Waals surface area contributed by atoms with Crippen LogP contribution in [0.2, 0.25) is 0 Å². The average molecular weight is 387 g/mol. The molecule has 0 aromatic carbocycles. The molecule has 0 atom stereocenters. The highest BCUT2D eigenvalue weighted by molar-refractivity contribution is 5.42. The Labute approximate surface area is 156 Å². The molecule has 4 N–H and O–H groups in total. The van der Waals surface area contributed by atoms with Crippen molar-refractivity contribution in [2.24, 2.45) is 5.11 Å². The van der Waals surface area contributed by atoms with E-state index in [-0.39, 0.29) is 13.2 Å². The number of aliphatic hydroxyl groups is 1. The van der Waals surface area contributed by atoms with Gasteiger partial charge in [-0.1, -0.05) is 5.11 Å². The molecule has 1 aromatic heterocycles. The number of aliphatic hydroxyl groups excluding tert-OH is 1. The van der Waals surface area contributed by atoms with E-state index in [1.807, 2.05) is 0 Å². The Morgan fingerprint density at radius 2 is 1.52 bits per heavy atom. The van der Waals surface area contributed by atoms with Crippen LogP contribution in [0.4, 0.5) is 22.2 Å². The van der Waals surface area contributed by atoms with Gasteiger partial charge in [-0.25, -0.2) is 4.39 Å². The molecule has 0 saturated carbocycles. The first kappa shape index (κ1) is 22.6. The van der Waals surface area contributed by atoms with Gasteiger partial charge in [0.2, 0.25) is 17.8 Å². The zero-order valence-corrected chi connectivity index (χ0v) is 15.1. The summed E-state index contributed by atoms with van der Waals surface area (Å²) in [4.78, 5) is 15.3. The van der Waals surface area contributed by atoms with Gasteiger partial charge >= 0.3 is 0 Å². The molecule has 152 valence electrons. The first-order valence-corrected chi connectivity index (χ1v) is 8.61. The van der Waals surface area contributed by atoms with Crippen molar-refractivity contribution in [2.75, 3.05) is 81.8 Å². The summed E-state index contributed by atoms with van der Waals surface area (Å²) in [7, 11) is 0. The van der Waals surface area contributed by atoms with Crippen LogP contribution in [0.5, 0.6) is 0 Å². The minimum Gasteiger partial charge on any atom is -0.395 e. The second kappa shape index (κ2) is 15.8. The number of hydrogen-bond acceptors (Lipinski definition) is 10. The van der Waals surface area contributed by atoms with Crippen LogP contribution in [0.1, 0.15) is 6.42 Å². The monoisotopic (exact) mass is 387 g/mol. The molecule has 0 spiro atoms. The van der Waals surface area contributed by atoms with E-state index in [1.54, 1.807) is 0 Å². The molecule has 0 saturated heterocycles. The fraction of sp³-hybridized carbons (Fsp3) is 0.786. The van der Waals surface area contributed by atoms with Gasteiger partial charge in [0.25, 0.3) is 0 Å². The van der Waals surface area contributed by atoms with E-state index in [9.17, 15) is 4.39 Å². The topological polar surface area (TPSA) is 162 Å². The van der Waals surface area contributed by atoms with Gasteiger partial charge in [-0.2, -0.15) is 15.0 Å². The van der Waals surface area contributed by atoms with E-state index >= 15 is 0 Å². The molecule has 0 aliphatic rings. The average Bonchev–Trinajstić information content (AvgIpc) is 2.68. The van der Waals surface area contributed by atoms with Gasteiger partial charge in [-0.15, -0.1) is 0 Å². The molecule has 0 aliphatic heterocycles. The van der Waals surface area contributed by atoms with Crippen LogP contribution in [0.15, 0.2) is 5.11 Å². The Morgan fingerprint density at radius 1 is 0.926 bits per heavy atom. The molecular weight excluding hydrogens is 361 g/mol. The normalized spacial score (nSPS) is 10.3. The minimum absolute atomic E-state index is 0.0539. The van der Waals surface area contributed by atoms with E-state index in [2.05, 4.69) is 40.9 Å². The molecule has 0 radical (unpaired) electrons. The Bertz CT molecular complexity index is 561. The van der Waals surface area contributed by atoms with Crippen molar-refractivity contribution in [2.45, 2.75) is 6.42 Å². The van der Waals surface area contributed by atoms with Crippen LogP contribution in [0, 0.1) is 0 Å². The lowest BCUT2D eigenvalue weighted by atomic mass is 10.4. The summed E-state index contributed by atoms with van der Waals surface area (Å²) >= 11 is 0. The van der Waals surface area contributed by atoms with Crippen LogP contribution < -0.4 is 16.0 Å². The maximum atomic E-state index is 11.8. The summed E-state index contributed by atoms with van der Waals surface area (Å²) < 4.78 is 22.2. The van der Waals surface area contributed by atoms with Crippen molar-refractivity contribution < 1.29 is 19.0 Å². The summed E-state index contributed by atoms with van der Waals surface area (Å²) in [5.41, 5.74) is 8.25. The fourth-order valence-electron chi connectivity index (χ4n) is 1.79. The van der Waals surface area contributed by atoms with Crippen LogP contribution in [-0.4, -0.2) is 85.9 Å². The first-order valence-electron chi connectivity index (χ1n) is 8.61. The number of ether oxygens (including phenoxy) is 2. The number of anilines is 3. The molecule has 0 aliphatic carbocycles. The second-order valence-corrected chi connectivity index (χ2v) is 5.03. The van der Waals surface area contributed by atoms with E-state index in [0.717, 1.165) is 0 Å². The van der Waals surface area contributed by atoms with Crippen LogP contribution in [-0.2, 0) is 9.47 Å². The van der Waals surface area contributed by atoms with Crippen molar-refractivity contribution in [3.05, 3.63) is 10.4 Å². The summed E-state index contributed by atoms with van der Waals surface area (Å²) in [5.74, 6) is 1.02. The van der Waals surface area contributed by atoms with Crippen molar-refractivity contribution in [1.29, 1.82) is 0 Å². The van der Waals surface area contributed by atoms with Crippen LogP contribution >= 0.6 is 0 Å². The highest BCUT2D eigenvalue weighted by Crippen LogP contribution is 2.09. The standard InChI is InChI=1S/C14H26FN9O3/c15-2-8-26-10-11-27-9-6-19-14-22-12(17-3-1-4-20-24-16)21-13(23-14)18-5-7-25/h25H,1-11H2,(H3,17,18,19,21,22,23). The molecule has 0 amide bonds. The summed E-state index contributed by atoms with van der Waals surface area (Å²) in [5, 5.41) is 21.3. The number of aromatic nitrogens is 3. The van der Waals surface area contributed by atoms with Crippen molar-refractivity contribution in [3.8, 4) is 0 Å². The molecule has 1 aromatic rings. The Hall–Kier alpha value is -2.47. The number of halogens is 1. The maximum absolute atomic E-state index is 11.8. The van der Waals surface area contributed by atoms with Gasteiger partial charge in [-0.05, 0) is 12.0 Å². The molecular formula is C14H26FN9O3. The summed E-state index contributed by atoms with van der Waals surface area (Å²) in [6.07, 6.45) is 0.635. The number of nitrogens with one attached hydrogen (secondary N) is 3. The van der Waals surface area contributed by atoms with Gasteiger partial charge in [0.1, 0.15) is 6.67 Å². The third-order valence-corrected chi connectivity index (χ3v) is 2.93. The predicted octanol–water partition coefficient (Wildman–Crippen LogP) is 0.803. The predicted molar refractivity (Wildman–Crippen MR) is 98.6 cm³/mol. The number of azide groups is 1. The Morgan fingerprint density at radius 3 is 2.11 bits per heavy atom. The lowest BCUT2D eigenvalue weighted by Gasteiger charge is -2.11. The van der Waals surface area contributed by atoms with E-state index < -0.39 is 6.67 Å². The Kier molecular flexibility index (Phi) is 13.2. The van der Waals surface area contributed by atoms with Gasteiger partial charge in [0, 0.05) is 31.1 Å². The largest absolute Gasteiger partial charge is 0.395 e. The molecule has 0 unspecified atom stereocenters. The number of rotatable bonds is 17. The smallest absolute Gasteiger partial charge is 0.229 e. The summed E-state index contributed by atoms with van der Waals surface area (Å²) in [6.45, 7) is 2.32. The molecule has 13 heteroatoms. The third-order valence-electron chi connectivity index (χ3n) is 2.93. The second-order valence-electron chi connectivity index (χ2n) is 5.03. The lowest BCUT2D eigenvalue weighted by molar-refractivity contribution is 0.0463. The molecule has 27 heavy (non-hydrogen) atoms. The van der Waals surface area contributed by atoms with Crippen molar-refractivity contribution in [1.82, 2.24) is 15.0 Å². The molecule has 0 bridgehead atoms. The third kappa shape index (κ3) is 11.7. The van der Waals surface area contributed by atoms with E-state index in [1.165, 1.54) is 0 Å². The lowest BCUT2D eigenvalue weighted by Crippen LogP contribution is -2.17. The van der Waals surface area contributed by atoms with Gasteiger partial charge in [-0.3, -0.25) is 0 Å². The van der Waals surface area contributed by atoms with E-state index in [0.29, 0.717) is 70.3 Å². The van der Waals surface area contributed by atoms with Gasteiger partial charge in [0.15, 0.2) is 0 Å². The molecule has 1 heterocycles. The SMILES string of the molecule is [N-]=[N+]=NCCCNc1nc(NCCO)nc(NCCOCCOCCF)n1. The molecule has 0 fully saturated rings. The van der Waals surface area contributed by atoms with Crippen molar-refractivity contribution in [3.63, 3.8) is 0 Å². The molecule has 1 rings (SSSR count). The van der Waals surface area contributed by atoms with E-state index in [4.69, 9.17) is 20.1 Å². The number of nitrogens with zero attached hydrogens (tertiary/aromatic N) is 6. The quantitative estimate of drug-likeness (QED) is 0.131. The number of alkyl halides is 1. The van der Waals surface area contributed by atoms with Crippen LogP contribution in [0.3, 0.4) is 0 Å².